The van der Waals surface area contributed by atoms with Crippen molar-refractivity contribution in [3.8, 4) is 11.6 Å². The van der Waals surface area contributed by atoms with Gasteiger partial charge in [-0.15, -0.1) is 0 Å². The van der Waals surface area contributed by atoms with Crippen molar-refractivity contribution >= 4 is 44.6 Å². The van der Waals surface area contributed by atoms with Crippen LogP contribution in [-0.2, 0) is 29.1 Å². The van der Waals surface area contributed by atoms with Gasteiger partial charge in [-0.05, 0) is 108 Å². The molecule has 2 aliphatic heterocycles. The van der Waals surface area contributed by atoms with Gasteiger partial charge in [-0.3, -0.25) is 19.1 Å². The van der Waals surface area contributed by atoms with Crippen LogP contribution >= 0.6 is 0 Å². The molecule has 1 aromatic carbocycles. The molecule has 58 heavy (non-hydrogen) atoms. The van der Waals surface area contributed by atoms with E-state index in [-0.39, 0.29) is 41.6 Å². The highest BCUT2D eigenvalue weighted by Gasteiger charge is 2.62. The van der Waals surface area contributed by atoms with E-state index in [1.165, 1.54) is 4.90 Å². The molecule has 1 aromatic heterocycles. The predicted molar refractivity (Wildman–Crippen MR) is 212 cm³/mol. The molecule has 2 aliphatic carbocycles. The highest BCUT2D eigenvalue weighted by Crippen LogP contribution is 2.46. The number of ether oxygens (including phenoxy) is 3. The van der Waals surface area contributed by atoms with Crippen molar-refractivity contribution in [1.29, 1.82) is 0 Å². The zero-order valence-corrected chi connectivity index (χ0v) is 34.2. The minimum absolute atomic E-state index is 0. The second-order valence-electron chi connectivity index (χ2n) is 16.9. The van der Waals surface area contributed by atoms with Gasteiger partial charge in [0.2, 0.25) is 33.3 Å². The van der Waals surface area contributed by atoms with Crippen molar-refractivity contribution < 1.29 is 59.3 Å². The van der Waals surface area contributed by atoms with E-state index in [9.17, 15) is 40.8 Å². The number of fused-ring (bicyclic) bond motifs is 3. The Balaban J connectivity index is 0.00000331. The Morgan fingerprint density at radius 1 is 1.09 bits per heavy atom. The number of rotatable bonds is 9. The molecule has 7 atom stereocenters. The molecular weight excluding hydrogens is 784 g/mol. The summed E-state index contributed by atoms with van der Waals surface area (Å²) < 4.78 is 86.1. The minimum atomic E-state index is -4.91. The Kier molecular flexibility index (Phi) is 12.0. The lowest BCUT2D eigenvalue weighted by Gasteiger charge is -2.34. The van der Waals surface area contributed by atoms with Crippen LogP contribution in [0.4, 0.5) is 18.0 Å². The van der Waals surface area contributed by atoms with E-state index in [4.69, 9.17) is 14.2 Å². The molecule has 14 nitrogen and oxygen atoms in total. The fourth-order valence-corrected chi connectivity index (χ4v) is 9.03. The highest BCUT2D eigenvalue weighted by molar-refractivity contribution is 7.91. The first-order valence-corrected chi connectivity index (χ1v) is 21.3. The van der Waals surface area contributed by atoms with Gasteiger partial charge in [-0.2, -0.15) is 13.2 Å². The molecule has 1 saturated heterocycles. The minimum Gasteiger partial charge on any atom is -0.491 e. The third-order valence-electron chi connectivity index (χ3n) is 11.3. The molecule has 0 bridgehead atoms. The third kappa shape index (κ3) is 9.47. The van der Waals surface area contributed by atoms with Gasteiger partial charge >= 0.3 is 12.3 Å². The zero-order chi connectivity index (χ0) is 42.4. The number of pyridine rings is 1. The largest absolute Gasteiger partial charge is 0.491 e. The second-order valence-corrected chi connectivity index (χ2v) is 18.9. The lowest BCUT2D eigenvalue weighted by atomic mass is 9.88. The molecular formula is C40H58F3N5O9S. The van der Waals surface area contributed by atoms with Crippen molar-refractivity contribution in [1.82, 2.24) is 25.2 Å². The summed E-state index contributed by atoms with van der Waals surface area (Å²) in [7, 11) is -3.98. The number of benzene rings is 1. The van der Waals surface area contributed by atoms with Crippen LogP contribution in [0.1, 0.15) is 90.8 Å². The third-order valence-corrected chi connectivity index (χ3v) is 13.1. The van der Waals surface area contributed by atoms with Crippen LogP contribution in [0.5, 0.6) is 11.6 Å². The van der Waals surface area contributed by atoms with Gasteiger partial charge in [0, 0.05) is 28.2 Å². The number of carbonyl (C=O) groups excluding carboxylic acids is 4. The van der Waals surface area contributed by atoms with Gasteiger partial charge < -0.3 is 29.7 Å². The summed E-state index contributed by atoms with van der Waals surface area (Å²) >= 11 is 0. The Morgan fingerprint density at radius 2 is 1.81 bits per heavy atom. The van der Waals surface area contributed by atoms with E-state index < -0.39 is 86.4 Å². The van der Waals surface area contributed by atoms with Crippen molar-refractivity contribution in [3.63, 3.8) is 0 Å². The summed E-state index contributed by atoms with van der Waals surface area (Å²) in [6, 6.07) is 4.40. The lowest BCUT2D eigenvalue weighted by Crippen LogP contribution is -2.59. The van der Waals surface area contributed by atoms with Crippen LogP contribution in [0.2, 0.25) is 0 Å². The molecule has 4 amide bonds. The number of allylic oxidation sites excluding steroid dienone is 1. The second kappa shape index (κ2) is 16.2. The first-order valence-electron chi connectivity index (χ1n) is 19.7. The quantitative estimate of drug-likeness (QED) is 0.252. The van der Waals surface area contributed by atoms with Crippen LogP contribution in [0.3, 0.4) is 0 Å². The standard InChI is InChI=1S/C40H52F3N5O9S.3H2/c1-22(2)55-27-11-14-30-25(18-27)15-16-44-34(30)56-28-19-31-33(49)46-39(36(51)47-58(53,54)29-12-13-29)20-26(39)10-8-7-9-23(3)17-24(4)32(35(50)48(31)21-28)45-37(52)57-38(5,6)40(41,42)43;;;/h8,10-11,14-16,18,22-24,26,28-29,31-32H,7,9,12-13,17,19-21H2,1-6H3,(H,45,52)(H,46,49)(H,47,51);3*1H/b10-8-;;;/t23-,24-,26-,28-,31+,32+,39-;;;/m1.../s1. The number of aromatic nitrogens is 1. The average molecular weight is 842 g/mol. The number of nitrogens with zero attached hydrogens (tertiary/aromatic N) is 2. The number of amides is 4. The fraction of sp³-hybridized carbons (Fsp3) is 0.625. The van der Waals surface area contributed by atoms with Crippen molar-refractivity contribution in [3.05, 3.63) is 42.6 Å². The van der Waals surface area contributed by atoms with Crippen LogP contribution in [0, 0.1) is 17.8 Å². The smallest absolute Gasteiger partial charge is 0.427 e. The normalized spacial score (nSPS) is 29.0. The van der Waals surface area contributed by atoms with Gasteiger partial charge in [0.1, 0.15) is 29.5 Å². The molecule has 3 N–H and O–H groups in total. The number of halogens is 3. The van der Waals surface area contributed by atoms with E-state index in [2.05, 4.69) is 20.3 Å². The maximum Gasteiger partial charge on any atom is 0.427 e. The number of nitrogens with one attached hydrogen (secondary N) is 3. The molecule has 2 saturated carbocycles. The van der Waals surface area contributed by atoms with Crippen molar-refractivity contribution in [2.45, 2.75) is 133 Å². The Hall–Kier alpha value is -4.61. The average Bonchev–Trinajstić information content (AvgIpc) is 4.04. The topological polar surface area (TPSA) is 182 Å². The number of alkyl carbamates (subject to hydrolysis) is 1. The predicted octanol–water partition coefficient (Wildman–Crippen LogP) is 6.04. The fourth-order valence-electron chi connectivity index (χ4n) is 7.67. The summed E-state index contributed by atoms with van der Waals surface area (Å²) in [5.74, 6) is -2.80. The number of carbonyl (C=O) groups is 4. The van der Waals surface area contributed by atoms with Crippen LogP contribution in [0.25, 0.3) is 10.8 Å². The zero-order valence-electron chi connectivity index (χ0n) is 33.4. The molecule has 3 heterocycles. The number of alkyl halides is 3. The van der Waals surface area contributed by atoms with Crippen molar-refractivity contribution in [2.24, 2.45) is 17.8 Å². The van der Waals surface area contributed by atoms with E-state index in [1.807, 2.05) is 32.9 Å². The molecule has 6 rings (SSSR count). The number of hydrogen-bond acceptors (Lipinski definition) is 10. The van der Waals surface area contributed by atoms with E-state index in [0.717, 1.165) is 5.39 Å². The summed E-state index contributed by atoms with van der Waals surface area (Å²) in [5.41, 5.74) is -4.51. The number of sulfonamides is 1. The van der Waals surface area contributed by atoms with E-state index >= 15 is 0 Å². The highest BCUT2D eigenvalue weighted by atomic mass is 32.2. The first kappa shape index (κ1) is 43.0. The Morgan fingerprint density at radius 3 is 2.48 bits per heavy atom. The maximum absolute atomic E-state index is 14.7. The summed E-state index contributed by atoms with van der Waals surface area (Å²) in [4.78, 5) is 61.7. The molecule has 0 radical (unpaired) electrons. The van der Waals surface area contributed by atoms with E-state index in [1.54, 1.807) is 37.4 Å². The molecule has 324 valence electrons. The SMILES string of the molecule is CC(C)Oc1ccc2c(O[C@@H]3C[C@H]4C(=O)N[C@]5(C(=O)NS(=O)(=O)C6CC6)C[C@H]5/C=C\CC[C@@H](C)C[C@@H](C)[C@H](NC(=O)OC(C)(C)C(F)(F)F)C(=O)N4C3)nccc2c1.[HH].[HH].[HH]. The Bertz CT molecular complexity index is 2070. The molecule has 0 spiro atoms. The summed E-state index contributed by atoms with van der Waals surface area (Å²) in [6.07, 6.45) is 0.254. The van der Waals surface area contributed by atoms with Gasteiger partial charge in [-0.25, -0.2) is 18.2 Å². The van der Waals surface area contributed by atoms with Gasteiger partial charge in [0.15, 0.2) is 0 Å². The maximum atomic E-state index is 14.7. The summed E-state index contributed by atoms with van der Waals surface area (Å²) in [6.45, 7) is 8.61. The van der Waals surface area contributed by atoms with Crippen LogP contribution < -0.4 is 24.8 Å². The monoisotopic (exact) mass is 841 g/mol. The molecule has 18 heteroatoms. The number of hydrogen-bond donors (Lipinski definition) is 3. The molecule has 4 aliphatic rings. The van der Waals surface area contributed by atoms with Gasteiger partial charge in [0.25, 0.3) is 5.91 Å². The van der Waals surface area contributed by atoms with E-state index in [0.29, 0.717) is 57.1 Å². The first-order chi connectivity index (χ1) is 27.1. The van der Waals surface area contributed by atoms with Crippen LogP contribution in [0.15, 0.2) is 42.6 Å². The molecule has 0 unspecified atom stereocenters. The van der Waals surface area contributed by atoms with Gasteiger partial charge in [0.05, 0.1) is 17.9 Å². The van der Waals surface area contributed by atoms with Crippen LogP contribution in [-0.4, -0.2) is 95.5 Å². The Labute approximate surface area is 340 Å². The lowest BCUT2D eigenvalue weighted by molar-refractivity contribution is -0.244. The van der Waals surface area contributed by atoms with Crippen molar-refractivity contribution in [2.75, 3.05) is 6.54 Å². The summed E-state index contributed by atoms with van der Waals surface area (Å²) in [5, 5.41) is 5.85. The van der Waals surface area contributed by atoms with Gasteiger partial charge in [-0.1, -0.05) is 26.0 Å². The molecule has 3 fully saturated rings. The molecule has 2 aromatic rings.